The minimum Gasteiger partial charge on any atom is -0.411 e. The van der Waals surface area contributed by atoms with Crippen LogP contribution in [0.2, 0.25) is 5.02 Å². The summed E-state index contributed by atoms with van der Waals surface area (Å²) in [5.41, 5.74) is 2.96. The molecule has 1 amide bonds. The number of benzene rings is 2. The summed E-state index contributed by atoms with van der Waals surface area (Å²) in [6.07, 6.45) is 3.27. The fraction of sp³-hybridized carbons (Fsp3) is 0.158. The van der Waals surface area contributed by atoms with Crippen LogP contribution in [0.1, 0.15) is 18.4 Å². The Labute approximate surface area is 145 Å². The second kappa shape index (κ2) is 7.32. The molecule has 0 saturated heterocycles. The zero-order valence-corrected chi connectivity index (χ0v) is 13.7. The Morgan fingerprint density at radius 2 is 2.00 bits per heavy atom. The number of nitrogens with zero attached hydrogens (tertiary/aromatic N) is 1. The van der Waals surface area contributed by atoms with Gasteiger partial charge in [-0.15, -0.1) is 0 Å². The highest BCUT2D eigenvalue weighted by atomic mass is 35.5. The van der Waals surface area contributed by atoms with Gasteiger partial charge in [-0.25, -0.2) is 0 Å². The van der Waals surface area contributed by atoms with Crippen LogP contribution in [0.25, 0.3) is 6.08 Å². The van der Waals surface area contributed by atoms with E-state index in [0.717, 1.165) is 11.1 Å². The van der Waals surface area contributed by atoms with Crippen molar-refractivity contribution >= 4 is 35.0 Å². The van der Waals surface area contributed by atoms with Gasteiger partial charge in [0.1, 0.15) is 0 Å². The third kappa shape index (κ3) is 3.66. The van der Waals surface area contributed by atoms with Crippen LogP contribution in [0.3, 0.4) is 0 Å². The highest BCUT2D eigenvalue weighted by molar-refractivity contribution is 6.31. The van der Waals surface area contributed by atoms with Gasteiger partial charge in [-0.05, 0) is 48.3 Å². The lowest BCUT2D eigenvalue weighted by Crippen LogP contribution is -2.26. The third-order valence-electron chi connectivity index (χ3n) is 4.02. The standard InChI is InChI=1S/C19H17ClN2O2/c20-15-7-4-8-16(12-15)21-19(23)17-10-9-14(18(17)22-24)11-13-5-2-1-3-6-13/h1-8,11-12,17,24H,9-10H2,(H,21,23)/b14-11+,22-18+/t17-/m1/s1. The van der Waals surface area contributed by atoms with E-state index < -0.39 is 5.92 Å². The van der Waals surface area contributed by atoms with Crippen LogP contribution in [0.5, 0.6) is 0 Å². The normalized spacial score (nSPS) is 20.5. The molecule has 0 bridgehead atoms. The Bertz CT molecular complexity index is 800. The molecule has 5 heteroatoms. The number of allylic oxidation sites excluding steroid dienone is 1. The molecule has 0 radical (unpaired) electrons. The second-order valence-corrected chi connectivity index (χ2v) is 6.09. The molecule has 1 atom stereocenters. The first-order valence-corrected chi connectivity index (χ1v) is 8.09. The van der Waals surface area contributed by atoms with Gasteiger partial charge in [0.05, 0.1) is 11.6 Å². The monoisotopic (exact) mass is 340 g/mol. The number of oxime groups is 1. The summed E-state index contributed by atoms with van der Waals surface area (Å²) in [7, 11) is 0. The average molecular weight is 341 g/mol. The van der Waals surface area contributed by atoms with E-state index in [4.69, 9.17) is 11.6 Å². The van der Waals surface area contributed by atoms with Crippen molar-refractivity contribution in [2.24, 2.45) is 11.1 Å². The van der Waals surface area contributed by atoms with E-state index in [0.29, 0.717) is 29.3 Å². The SMILES string of the molecule is O=C(Nc1cccc(Cl)c1)[C@@H]1CCC(=C\c2ccccc2)/C1=N\O. The minimum atomic E-state index is -0.469. The smallest absolute Gasteiger partial charge is 0.233 e. The molecule has 0 aliphatic heterocycles. The van der Waals surface area contributed by atoms with Crippen molar-refractivity contribution in [1.29, 1.82) is 0 Å². The zero-order valence-electron chi connectivity index (χ0n) is 12.9. The first kappa shape index (κ1) is 16.3. The van der Waals surface area contributed by atoms with Gasteiger partial charge in [-0.2, -0.15) is 0 Å². The van der Waals surface area contributed by atoms with E-state index in [-0.39, 0.29) is 5.91 Å². The topological polar surface area (TPSA) is 61.7 Å². The molecule has 2 N–H and O–H groups in total. The number of carbonyl (C=O) groups excluding carboxylic acids is 1. The summed E-state index contributed by atoms with van der Waals surface area (Å²) in [5.74, 6) is -0.662. The Hall–Kier alpha value is -2.59. The number of hydrogen-bond donors (Lipinski definition) is 2. The van der Waals surface area contributed by atoms with E-state index in [1.165, 1.54) is 0 Å². The molecule has 2 aromatic carbocycles. The Balaban J connectivity index is 1.77. The Kier molecular flexibility index (Phi) is 4.96. The van der Waals surface area contributed by atoms with Crippen LogP contribution in [0.4, 0.5) is 5.69 Å². The highest BCUT2D eigenvalue weighted by Gasteiger charge is 2.33. The minimum absolute atomic E-state index is 0.193. The quantitative estimate of drug-likeness (QED) is 0.633. The number of rotatable bonds is 3. The van der Waals surface area contributed by atoms with Crippen molar-refractivity contribution in [3.05, 3.63) is 70.8 Å². The summed E-state index contributed by atoms with van der Waals surface area (Å²) in [6, 6.07) is 16.8. The maximum atomic E-state index is 12.5. The molecule has 1 aliphatic carbocycles. The maximum Gasteiger partial charge on any atom is 0.233 e. The number of nitrogens with one attached hydrogen (secondary N) is 1. The van der Waals surface area contributed by atoms with Crippen molar-refractivity contribution in [3.8, 4) is 0 Å². The van der Waals surface area contributed by atoms with Gasteiger partial charge in [0.25, 0.3) is 0 Å². The molecule has 122 valence electrons. The van der Waals surface area contributed by atoms with Gasteiger partial charge in [0.2, 0.25) is 5.91 Å². The van der Waals surface area contributed by atoms with E-state index in [9.17, 15) is 10.0 Å². The van der Waals surface area contributed by atoms with E-state index in [1.54, 1.807) is 24.3 Å². The summed E-state index contributed by atoms with van der Waals surface area (Å²) < 4.78 is 0. The third-order valence-corrected chi connectivity index (χ3v) is 4.25. The number of hydrogen-bond acceptors (Lipinski definition) is 3. The second-order valence-electron chi connectivity index (χ2n) is 5.66. The fourth-order valence-electron chi connectivity index (χ4n) is 2.87. The van der Waals surface area contributed by atoms with Crippen LogP contribution < -0.4 is 5.32 Å². The molecular weight excluding hydrogens is 324 g/mol. The maximum absolute atomic E-state index is 12.5. The molecule has 0 spiro atoms. The number of anilines is 1. The molecule has 3 rings (SSSR count). The summed E-state index contributed by atoms with van der Waals surface area (Å²) in [6.45, 7) is 0. The summed E-state index contributed by atoms with van der Waals surface area (Å²) >= 11 is 5.93. The fourth-order valence-corrected chi connectivity index (χ4v) is 3.06. The van der Waals surface area contributed by atoms with E-state index in [1.807, 2.05) is 36.4 Å². The molecule has 0 unspecified atom stereocenters. The largest absolute Gasteiger partial charge is 0.411 e. The van der Waals surface area contributed by atoms with Gasteiger partial charge < -0.3 is 10.5 Å². The van der Waals surface area contributed by atoms with Gasteiger partial charge in [0.15, 0.2) is 0 Å². The summed E-state index contributed by atoms with van der Waals surface area (Å²) in [4.78, 5) is 12.5. The zero-order chi connectivity index (χ0) is 16.9. The van der Waals surface area contributed by atoms with Crippen molar-refractivity contribution in [2.75, 3.05) is 5.32 Å². The highest BCUT2D eigenvalue weighted by Crippen LogP contribution is 2.30. The van der Waals surface area contributed by atoms with Gasteiger partial charge in [-0.1, -0.05) is 53.2 Å². The lowest BCUT2D eigenvalue weighted by atomic mass is 10.0. The van der Waals surface area contributed by atoms with Crippen molar-refractivity contribution in [1.82, 2.24) is 0 Å². The first-order chi connectivity index (χ1) is 11.7. The van der Waals surface area contributed by atoms with Gasteiger partial charge in [-0.3, -0.25) is 4.79 Å². The lowest BCUT2D eigenvalue weighted by Gasteiger charge is -2.11. The molecule has 1 saturated carbocycles. The van der Waals surface area contributed by atoms with Crippen LogP contribution in [-0.4, -0.2) is 16.8 Å². The predicted molar refractivity (Wildman–Crippen MR) is 96.4 cm³/mol. The number of carbonyl (C=O) groups is 1. The van der Waals surface area contributed by atoms with Gasteiger partial charge in [0, 0.05) is 10.7 Å². The molecule has 2 aromatic rings. The molecule has 1 fully saturated rings. The number of amides is 1. The van der Waals surface area contributed by atoms with Crippen LogP contribution in [0, 0.1) is 5.92 Å². The summed E-state index contributed by atoms with van der Waals surface area (Å²) in [5, 5.41) is 16.2. The molecule has 4 nitrogen and oxygen atoms in total. The molecule has 0 aromatic heterocycles. The first-order valence-electron chi connectivity index (χ1n) is 7.72. The van der Waals surface area contributed by atoms with Crippen LogP contribution in [0.15, 0.2) is 65.3 Å². The average Bonchev–Trinajstić information content (AvgIpc) is 2.98. The number of halogens is 1. The molecule has 1 aliphatic rings. The van der Waals surface area contributed by atoms with Crippen molar-refractivity contribution in [3.63, 3.8) is 0 Å². The Morgan fingerprint density at radius 3 is 2.71 bits per heavy atom. The molecule has 24 heavy (non-hydrogen) atoms. The van der Waals surface area contributed by atoms with Crippen molar-refractivity contribution < 1.29 is 10.0 Å². The predicted octanol–water partition coefficient (Wildman–Crippen LogP) is 4.60. The Morgan fingerprint density at radius 1 is 1.21 bits per heavy atom. The lowest BCUT2D eigenvalue weighted by molar-refractivity contribution is -0.118. The van der Waals surface area contributed by atoms with Crippen LogP contribution in [-0.2, 0) is 4.79 Å². The molecule has 0 heterocycles. The van der Waals surface area contributed by atoms with Crippen molar-refractivity contribution in [2.45, 2.75) is 12.8 Å². The molecular formula is C19H17ClN2O2. The van der Waals surface area contributed by atoms with E-state index in [2.05, 4.69) is 10.5 Å². The van der Waals surface area contributed by atoms with Gasteiger partial charge >= 0.3 is 0 Å². The van der Waals surface area contributed by atoms with E-state index >= 15 is 0 Å². The van der Waals surface area contributed by atoms with Crippen LogP contribution >= 0.6 is 11.6 Å².